The Kier molecular flexibility index (Phi) is 5.30. The molecule has 1 saturated carbocycles. The normalized spacial score (nSPS) is 23.6. The Morgan fingerprint density at radius 2 is 1.96 bits per heavy atom. The Morgan fingerprint density at radius 1 is 1.15 bits per heavy atom. The number of aromatic nitrogens is 1. The summed E-state index contributed by atoms with van der Waals surface area (Å²) >= 11 is 0. The van der Waals surface area contributed by atoms with Crippen molar-refractivity contribution in [3.05, 3.63) is 35.7 Å². The van der Waals surface area contributed by atoms with Crippen molar-refractivity contribution in [2.45, 2.75) is 52.5 Å². The van der Waals surface area contributed by atoms with E-state index in [-0.39, 0.29) is 0 Å². The fourth-order valence-corrected chi connectivity index (χ4v) is 4.65. The number of hydrogen-bond donors (Lipinski definition) is 0. The van der Waals surface area contributed by atoms with Gasteiger partial charge in [0.05, 0.1) is 17.9 Å². The van der Waals surface area contributed by atoms with Gasteiger partial charge in [-0.05, 0) is 57.2 Å². The number of para-hydroxylation sites is 1. The van der Waals surface area contributed by atoms with Gasteiger partial charge >= 0.3 is 0 Å². The van der Waals surface area contributed by atoms with Crippen molar-refractivity contribution in [1.82, 2.24) is 9.88 Å². The minimum absolute atomic E-state index is 0.639. The van der Waals surface area contributed by atoms with E-state index in [1.807, 2.05) is 38.1 Å². The lowest BCUT2D eigenvalue weighted by molar-refractivity contribution is 0.0810. The molecule has 4 nitrogen and oxygen atoms in total. The minimum Gasteiger partial charge on any atom is -0.493 e. The molecule has 1 saturated heterocycles. The van der Waals surface area contributed by atoms with Crippen LogP contribution in [0, 0.1) is 18.8 Å². The third-order valence-corrected chi connectivity index (χ3v) is 6.06. The lowest BCUT2D eigenvalue weighted by atomic mass is 9.75. The van der Waals surface area contributed by atoms with Gasteiger partial charge in [-0.25, -0.2) is 4.98 Å². The maximum Gasteiger partial charge on any atom is 0.230 e. The van der Waals surface area contributed by atoms with Gasteiger partial charge in [0.25, 0.3) is 0 Å². The molecule has 1 aliphatic heterocycles. The quantitative estimate of drug-likeness (QED) is 0.752. The summed E-state index contributed by atoms with van der Waals surface area (Å²) in [6, 6.07) is 7.99. The van der Waals surface area contributed by atoms with Crippen molar-refractivity contribution < 1.29 is 9.15 Å². The molecule has 0 bridgehead atoms. The summed E-state index contributed by atoms with van der Waals surface area (Å²) in [5.74, 6) is 4.30. The summed E-state index contributed by atoms with van der Waals surface area (Å²) in [5, 5.41) is 0. The second-order valence-electron chi connectivity index (χ2n) is 7.78. The SMILES string of the molecule is CCOc1ccccc1-c1nc(CN2CC[C@@H]3CCCC[C@H]3C2)c(C)o1. The number of ether oxygens (including phenoxy) is 1. The highest BCUT2D eigenvalue weighted by atomic mass is 16.5. The zero-order valence-corrected chi connectivity index (χ0v) is 16.0. The van der Waals surface area contributed by atoms with E-state index in [4.69, 9.17) is 14.1 Å². The van der Waals surface area contributed by atoms with E-state index in [0.29, 0.717) is 12.5 Å². The highest BCUT2D eigenvalue weighted by molar-refractivity contribution is 5.63. The topological polar surface area (TPSA) is 38.5 Å². The second kappa shape index (κ2) is 7.83. The van der Waals surface area contributed by atoms with Crippen LogP contribution in [0.4, 0.5) is 0 Å². The number of oxazole rings is 1. The molecule has 0 N–H and O–H groups in total. The molecule has 0 spiro atoms. The van der Waals surface area contributed by atoms with Crippen molar-refractivity contribution in [3.63, 3.8) is 0 Å². The second-order valence-corrected chi connectivity index (χ2v) is 7.78. The summed E-state index contributed by atoms with van der Waals surface area (Å²) in [6.45, 7) is 7.98. The molecule has 4 rings (SSSR count). The highest BCUT2D eigenvalue weighted by Gasteiger charge is 2.31. The molecule has 1 aromatic heterocycles. The van der Waals surface area contributed by atoms with Crippen molar-refractivity contribution in [2.24, 2.45) is 11.8 Å². The fourth-order valence-electron chi connectivity index (χ4n) is 4.65. The lowest BCUT2D eigenvalue weighted by Crippen LogP contribution is -2.41. The van der Waals surface area contributed by atoms with Crippen LogP contribution in [0.15, 0.2) is 28.7 Å². The van der Waals surface area contributed by atoms with Crippen molar-refractivity contribution in [2.75, 3.05) is 19.7 Å². The highest BCUT2D eigenvalue weighted by Crippen LogP contribution is 2.37. The minimum atomic E-state index is 0.639. The molecule has 0 amide bonds. The van der Waals surface area contributed by atoms with E-state index in [0.717, 1.165) is 41.1 Å². The van der Waals surface area contributed by atoms with Crippen LogP contribution in [0.1, 0.15) is 50.5 Å². The van der Waals surface area contributed by atoms with Crippen LogP contribution in [-0.2, 0) is 6.54 Å². The number of nitrogens with zero attached hydrogens (tertiary/aromatic N) is 2. The molecule has 2 aliphatic rings. The van der Waals surface area contributed by atoms with E-state index >= 15 is 0 Å². The Morgan fingerprint density at radius 3 is 2.81 bits per heavy atom. The van der Waals surface area contributed by atoms with Gasteiger partial charge < -0.3 is 9.15 Å². The van der Waals surface area contributed by atoms with Gasteiger partial charge in [0, 0.05) is 13.1 Å². The molecule has 2 aromatic rings. The number of hydrogen-bond acceptors (Lipinski definition) is 4. The van der Waals surface area contributed by atoms with Crippen LogP contribution < -0.4 is 4.74 Å². The zero-order valence-electron chi connectivity index (χ0n) is 16.0. The number of fused-ring (bicyclic) bond motifs is 1. The van der Waals surface area contributed by atoms with E-state index in [2.05, 4.69) is 4.90 Å². The number of likely N-dealkylation sites (tertiary alicyclic amines) is 1. The molecule has 0 radical (unpaired) electrons. The largest absolute Gasteiger partial charge is 0.493 e. The van der Waals surface area contributed by atoms with Crippen LogP contribution in [-0.4, -0.2) is 29.6 Å². The van der Waals surface area contributed by atoms with E-state index in [1.54, 1.807) is 0 Å². The van der Waals surface area contributed by atoms with Crippen LogP contribution in [0.2, 0.25) is 0 Å². The average molecular weight is 354 g/mol. The first-order valence-corrected chi connectivity index (χ1v) is 10.2. The Balaban J connectivity index is 1.49. The summed E-state index contributed by atoms with van der Waals surface area (Å²) < 4.78 is 11.8. The maximum atomic E-state index is 6.02. The molecular formula is C22H30N2O2. The number of rotatable bonds is 5. The van der Waals surface area contributed by atoms with E-state index in [1.165, 1.54) is 45.2 Å². The van der Waals surface area contributed by atoms with E-state index < -0.39 is 0 Å². The Hall–Kier alpha value is -1.81. The molecule has 26 heavy (non-hydrogen) atoms. The Labute approximate surface area is 156 Å². The molecule has 2 fully saturated rings. The first-order chi connectivity index (χ1) is 12.7. The summed E-state index contributed by atoms with van der Waals surface area (Å²) in [4.78, 5) is 7.41. The summed E-state index contributed by atoms with van der Waals surface area (Å²) in [7, 11) is 0. The van der Waals surface area contributed by atoms with Crippen molar-refractivity contribution in [3.8, 4) is 17.2 Å². The summed E-state index contributed by atoms with van der Waals surface area (Å²) in [6.07, 6.45) is 7.05. The predicted octanol–water partition coefficient (Wildman–Crippen LogP) is 5.06. The van der Waals surface area contributed by atoms with Gasteiger partial charge in [-0.2, -0.15) is 0 Å². The van der Waals surface area contributed by atoms with Gasteiger partial charge in [0.1, 0.15) is 11.5 Å². The van der Waals surface area contributed by atoms with Crippen molar-refractivity contribution >= 4 is 0 Å². The molecule has 0 unspecified atom stereocenters. The predicted molar refractivity (Wildman–Crippen MR) is 103 cm³/mol. The van der Waals surface area contributed by atoms with Gasteiger partial charge in [-0.1, -0.05) is 31.4 Å². The third-order valence-electron chi connectivity index (χ3n) is 6.06. The standard InChI is InChI=1S/C22H30N2O2/c1-3-25-21-11-7-6-10-19(21)22-23-20(16(2)26-22)15-24-13-12-17-8-4-5-9-18(17)14-24/h6-7,10-11,17-18H,3-5,8-9,12-15H2,1-2H3/t17-,18-/m0/s1. The summed E-state index contributed by atoms with van der Waals surface area (Å²) in [5.41, 5.74) is 2.01. The smallest absolute Gasteiger partial charge is 0.230 e. The zero-order chi connectivity index (χ0) is 17.9. The first kappa shape index (κ1) is 17.6. The first-order valence-electron chi connectivity index (χ1n) is 10.2. The number of piperidine rings is 1. The number of aryl methyl sites for hydroxylation is 1. The lowest BCUT2D eigenvalue weighted by Gasteiger charge is -2.41. The van der Waals surface area contributed by atoms with Crippen LogP contribution >= 0.6 is 0 Å². The van der Waals surface area contributed by atoms with Crippen LogP contribution in [0.5, 0.6) is 5.75 Å². The van der Waals surface area contributed by atoms with Gasteiger partial charge in [0.2, 0.25) is 5.89 Å². The third kappa shape index (κ3) is 3.66. The Bertz CT molecular complexity index is 739. The van der Waals surface area contributed by atoms with Crippen molar-refractivity contribution in [1.29, 1.82) is 0 Å². The molecule has 4 heteroatoms. The molecular weight excluding hydrogens is 324 g/mol. The molecule has 1 aliphatic carbocycles. The maximum absolute atomic E-state index is 6.02. The fraction of sp³-hybridized carbons (Fsp3) is 0.591. The van der Waals surface area contributed by atoms with Crippen LogP contribution in [0.3, 0.4) is 0 Å². The van der Waals surface area contributed by atoms with Gasteiger partial charge in [-0.15, -0.1) is 0 Å². The monoisotopic (exact) mass is 354 g/mol. The molecule has 2 atom stereocenters. The van der Waals surface area contributed by atoms with Crippen LogP contribution in [0.25, 0.3) is 11.5 Å². The average Bonchev–Trinajstić information content (AvgIpc) is 3.03. The van der Waals surface area contributed by atoms with Gasteiger partial charge in [0.15, 0.2) is 0 Å². The molecule has 140 valence electrons. The molecule has 2 heterocycles. The van der Waals surface area contributed by atoms with Gasteiger partial charge in [-0.3, -0.25) is 4.90 Å². The molecule has 1 aromatic carbocycles. The van der Waals surface area contributed by atoms with E-state index in [9.17, 15) is 0 Å². The number of benzene rings is 1.